The summed E-state index contributed by atoms with van der Waals surface area (Å²) in [6.45, 7) is 0. The summed E-state index contributed by atoms with van der Waals surface area (Å²) in [4.78, 5) is 33.4. The van der Waals surface area contributed by atoms with E-state index < -0.39 is 16.7 Å². The maximum atomic E-state index is 11.7. The molecule has 2 amide bonds. The summed E-state index contributed by atoms with van der Waals surface area (Å²) in [6, 6.07) is 14.1. The Bertz CT molecular complexity index is 684. The summed E-state index contributed by atoms with van der Waals surface area (Å²) in [5.74, 6) is -0.837. The van der Waals surface area contributed by atoms with Gasteiger partial charge < -0.3 is 0 Å². The lowest BCUT2D eigenvalue weighted by Gasteiger charge is -2.07. The second kappa shape index (κ2) is 6.98. The van der Waals surface area contributed by atoms with Crippen molar-refractivity contribution in [3.05, 3.63) is 75.8 Å². The van der Waals surface area contributed by atoms with Gasteiger partial charge in [-0.05, 0) is 17.7 Å². The van der Waals surface area contributed by atoms with Gasteiger partial charge in [0.15, 0.2) is 0 Å². The van der Waals surface area contributed by atoms with Gasteiger partial charge in [0.1, 0.15) is 0 Å². The minimum atomic E-state index is -0.510. The molecule has 22 heavy (non-hydrogen) atoms. The van der Waals surface area contributed by atoms with E-state index in [2.05, 4.69) is 10.9 Å². The highest BCUT2D eigenvalue weighted by Gasteiger charge is 2.09. The number of carbonyl (C=O) groups excluding carboxylic acids is 2. The quantitative estimate of drug-likeness (QED) is 0.661. The lowest BCUT2D eigenvalue weighted by molar-refractivity contribution is -0.384. The number of hydrogen-bond acceptors (Lipinski definition) is 4. The Morgan fingerprint density at radius 2 is 1.59 bits per heavy atom. The molecule has 0 bridgehead atoms. The van der Waals surface area contributed by atoms with Crippen molar-refractivity contribution >= 4 is 17.5 Å². The normalized spacial score (nSPS) is 9.82. The van der Waals surface area contributed by atoms with Gasteiger partial charge in [-0.1, -0.05) is 30.3 Å². The zero-order valence-corrected chi connectivity index (χ0v) is 11.5. The van der Waals surface area contributed by atoms with Crippen molar-refractivity contribution in [3.8, 4) is 0 Å². The molecule has 2 N–H and O–H groups in total. The maximum absolute atomic E-state index is 11.7. The predicted molar refractivity (Wildman–Crippen MR) is 78.9 cm³/mol. The fourth-order valence-corrected chi connectivity index (χ4v) is 1.75. The Kier molecular flexibility index (Phi) is 4.81. The molecule has 0 radical (unpaired) electrons. The van der Waals surface area contributed by atoms with E-state index in [0.29, 0.717) is 11.1 Å². The van der Waals surface area contributed by atoms with E-state index in [-0.39, 0.29) is 12.1 Å². The summed E-state index contributed by atoms with van der Waals surface area (Å²) < 4.78 is 0. The molecule has 0 aliphatic carbocycles. The van der Waals surface area contributed by atoms with Crippen LogP contribution in [0.15, 0.2) is 54.6 Å². The minimum absolute atomic E-state index is 0.00701. The zero-order valence-electron chi connectivity index (χ0n) is 11.5. The fraction of sp³-hybridized carbons (Fsp3) is 0.0667. The highest BCUT2D eigenvalue weighted by atomic mass is 16.6. The number of carbonyl (C=O) groups is 2. The van der Waals surface area contributed by atoms with Gasteiger partial charge in [-0.3, -0.25) is 30.6 Å². The van der Waals surface area contributed by atoms with Crippen LogP contribution in [0.5, 0.6) is 0 Å². The van der Waals surface area contributed by atoms with E-state index in [1.54, 1.807) is 30.3 Å². The van der Waals surface area contributed by atoms with Gasteiger partial charge in [-0.2, -0.15) is 0 Å². The van der Waals surface area contributed by atoms with E-state index in [9.17, 15) is 19.7 Å². The molecule has 0 aliphatic rings. The minimum Gasteiger partial charge on any atom is -0.273 e. The lowest BCUT2D eigenvalue weighted by atomic mass is 10.1. The molecule has 0 unspecified atom stereocenters. The number of non-ortho nitro benzene ring substituents is 1. The molecule has 2 rings (SSSR count). The second-order valence-corrected chi connectivity index (χ2v) is 4.47. The van der Waals surface area contributed by atoms with Gasteiger partial charge in [0.05, 0.1) is 11.3 Å². The van der Waals surface area contributed by atoms with Gasteiger partial charge in [0, 0.05) is 17.7 Å². The van der Waals surface area contributed by atoms with Gasteiger partial charge in [-0.15, -0.1) is 0 Å². The van der Waals surface area contributed by atoms with Crippen molar-refractivity contribution in [1.82, 2.24) is 10.9 Å². The van der Waals surface area contributed by atoms with Gasteiger partial charge in [-0.25, -0.2) is 0 Å². The van der Waals surface area contributed by atoms with E-state index in [0.717, 1.165) is 0 Å². The Hall–Kier alpha value is -3.22. The molecule has 0 fully saturated rings. The maximum Gasteiger partial charge on any atom is 0.269 e. The van der Waals surface area contributed by atoms with Crippen LogP contribution in [0.3, 0.4) is 0 Å². The van der Waals surface area contributed by atoms with Crippen LogP contribution in [0.25, 0.3) is 0 Å². The number of amides is 2. The van der Waals surface area contributed by atoms with Crippen molar-refractivity contribution in [3.63, 3.8) is 0 Å². The smallest absolute Gasteiger partial charge is 0.269 e. The molecule has 112 valence electrons. The fourth-order valence-electron chi connectivity index (χ4n) is 1.75. The van der Waals surface area contributed by atoms with Crippen LogP contribution in [-0.2, 0) is 11.2 Å². The Morgan fingerprint density at radius 3 is 2.18 bits per heavy atom. The number of nitrogens with zero attached hydrogens (tertiary/aromatic N) is 1. The van der Waals surface area contributed by atoms with Gasteiger partial charge in [0.25, 0.3) is 11.6 Å². The largest absolute Gasteiger partial charge is 0.273 e. The van der Waals surface area contributed by atoms with E-state index >= 15 is 0 Å². The number of benzene rings is 2. The number of nitrogens with one attached hydrogen (secondary N) is 2. The van der Waals surface area contributed by atoms with Crippen LogP contribution < -0.4 is 10.9 Å². The molecule has 0 aromatic heterocycles. The third-order valence-electron chi connectivity index (χ3n) is 2.86. The summed E-state index contributed by atoms with van der Waals surface area (Å²) in [6.07, 6.45) is 0.00701. The molecule has 0 heterocycles. The molecular formula is C15H13N3O4. The molecular weight excluding hydrogens is 286 g/mol. The Balaban J connectivity index is 1.85. The molecule has 0 saturated carbocycles. The van der Waals surface area contributed by atoms with Crippen molar-refractivity contribution in [2.45, 2.75) is 6.42 Å². The van der Waals surface area contributed by atoms with Crippen molar-refractivity contribution in [1.29, 1.82) is 0 Å². The summed E-state index contributed by atoms with van der Waals surface area (Å²) >= 11 is 0. The first-order valence-corrected chi connectivity index (χ1v) is 6.44. The molecule has 7 heteroatoms. The van der Waals surface area contributed by atoms with E-state index in [1.807, 2.05) is 0 Å². The van der Waals surface area contributed by atoms with Crippen LogP contribution in [-0.4, -0.2) is 16.7 Å². The Labute approximate surface area is 126 Å². The molecule has 7 nitrogen and oxygen atoms in total. The van der Waals surface area contributed by atoms with Crippen LogP contribution in [0, 0.1) is 10.1 Å². The van der Waals surface area contributed by atoms with Gasteiger partial charge in [0.2, 0.25) is 5.91 Å². The predicted octanol–water partition coefficient (Wildman–Crippen LogP) is 1.60. The molecule has 0 saturated heterocycles. The highest BCUT2D eigenvalue weighted by Crippen LogP contribution is 2.12. The SMILES string of the molecule is O=C(Cc1ccc([N+](=O)[O-])cc1)NNC(=O)c1ccccc1. The third-order valence-corrected chi connectivity index (χ3v) is 2.86. The first-order chi connectivity index (χ1) is 10.6. The number of nitro groups is 1. The molecule has 2 aromatic carbocycles. The van der Waals surface area contributed by atoms with Crippen LogP contribution in [0.1, 0.15) is 15.9 Å². The first kappa shape index (κ1) is 15.2. The number of nitro benzene ring substituents is 1. The average Bonchev–Trinajstić information content (AvgIpc) is 2.54. The monoisotopic (exact) mass is 299 g/mol. The average molecular weight is 299 g/mol. The summed E-state index contributed by atoms with van der Waals surface area (Å²) in [7, 11) is 0. The summed E-state index contributed by atoms with van der Waals surface area (Å²) in [5, 5.41) is 10.5. The number of hydrogen-bond donors (Lipinski definition) is 2. The number of rotatable bonds is 4. The lowest BCUT2D eigenvalue weighted by Crippen LogP contribution is -2.42. The molecule has 0 spiro atoms. The van der Waals surface area contributed by atoms with Crippen molar-refractivity contribution in [2.24, 2.45) is 0 Å². The van der Waals surface area contributed by atoms with Crippen LogP contribution in [0.4, 0.5) is 5.69 Å². The van der Waals surface area contributed by atoms with Crippen LogP contribution >= 0.6 is 0 Å². The second-order valence-electron chi connectivity index (χ2n) is 4.47. The highest BCUT2D eigenvalue weighted by molar-refractivity contribution is 5.95. The van der Waals surface area contributed by atoms with E-state index in [4.69, 9.17) is 0 Å². The molecule has 2 aromatic rings. The Morgan fingerprint density at radius 1 is 0.955 bits per heavy atom. The summed E-state index contributed by atoms with van der Waals surface area (Å²) in [5.41, 5.74) is 5.59. The van der Waals surface area contributed by atoms with Crippen molar-refractivity contribution in [2.75, 3.05) is 0 Å². The number of hydrazine groups is 1. The standard InChI is InChI=1S/C15H13N3O4/c19-14(10-11-6-8-13(9-7-11)18(21)22)16-17-15(20)12-4-2-1-3-5-12/h1-9H,10H2,(H,16,19)(H,17,20). The first-order valence-electron chi connectivity index (χ1n) is 6.44. The zero-order chi connectivity index (χ0) is 15.9. The van der Waals surface area contributed by atoms with E-state index in [1.165, 1.54) is 24.3 Å². The van der Waals surface area contributed by atoms with Gasteiger partial charge >= 0.3 is 0 Å². The third kappa shape index (κ3) is 4.14. The topological polar surface area (TPSA) is 101 Å². The molecule has 0 aliphatic heterocycles. The van der Waals surface area contributed by atoms with Crippen LogP contribution in [0.2, 0.25) is 0 Å². The van der Waals surface area contributed by atoms with Crippen molar-refractivity contribution < 1.29 is 14.5 Å². The molecule has 0 atom stereocenters.